The van der Waals surface area contributed by atoms with Gasteiger partial charge in [0.2, 0.25) is 0 Å². The summed E-state index contributed by atoms with van der Waals surface area (Å²) in [6, 6.07) is 0. The van der Waals surface area contributed by atoms with Gasteiger partial charge in [0.1, 0.15) is 6.23 Å². The molecule has 1 aliphatic carbocycles. The quantitative estimate of drug-likeness (QED) is 0.446. The van der Waals surface area contributed by atoms with Crippen LogP contribution in [0.2, 0.25) is 6.32 Å². The van der Waals surface area contributed by atoms with E-state index in [0.29, 0.717) is 6.32 Å². The van der Waals surface area contributed by atoms with Gasteiger partial charge in [-0.1, -0.05) is 19.4 Å². The van der Waals surface area contributed by atoms with E-state index in [9.17, 15) is 5.11 Å². The largest absolute Gasteiger partial charge is 0.461 e. The van der Waals surface area contributed by atoms with Gasteiger partial charge in [-0.25, -0.2) is 0 Å². The van der Waals surface area contributed by atoms with Gasteiger partial charge in [0.25, 0.3) is 0 Å². The van der Waals surface area contributed by atoms with Gasteiger partial charge in [0, 0.05) is 12.9 Å². The second kappa shape index (κ2) is 7.04. The summed E-state index contributed by atoms with van der Waals surface area (Å²) in [5.74, 6) is 0.770. The number of allylic oxidation sites excluding steroid dienone is 1. The van der Waals surface area contributed by atoms with E-state index in [1.807, 2.05) is 12.2 Å². The molecule has 0 aromatic rings. The Kier molecular flexibility index (Phi) is 5.76. The molecule has 1 N–H and O–H groups in total. The highest BCUT2D eigenvalue weighted by molar-refractivity contribution is 6.46. The standard InChI is InChI=1S/C17H32BNO3/c1-6-19(13-14-9-7-10-14)15(20)11-8-12-18-21-16(2,3)17(4,5)22-18/h8,11,14-15,20H,6-7,9-10,12-13H2,1-5H3/b11-8-/t15-/m0/s1. The Labute approximate surface area is 136 Å². The molecule has 0 radical (unpaired) electrons. The van der Waals surface area contributed by atoms with E-state index in [-0.39, 0.29) is 18.3 Å². The minimum atomic E-state index is -0.506. The Balaban J connectivity index is 1.79. The molecular weight excluding hydrogens is 277 g/mol. The number of rotatable bonds is 7. The Morgan fingerprint density at radius 1 is 1.23 bits per heavy atom. The molecule has 0 amide bonds. The normalized spacial score (nSPS) is 25.9. The summed E-state index contributed by atoms with van der Waals surface area (Å²) < 4.78 is 11.9. The maximum atomic E-state index is 10.3. The van der Waals surface area contributed by atoms with Crippen LogP contribution in [0.15, 0.2) is 12.2 Å². The highest BCUT2D eigenvalue weighted by Crippen LogP contribution is 2.37. The van der Waals surface area contributed by atoms with Gasteiger partial charge in [-0.2, -0.15) is 0 Å². The minimum Gasteiger partial charge on any atom is -0.403 e. The molecule has 0 spiro atoms. The Hall–Kier alpha value is -0.355. The van der Waals surface area contributed by atoms with Crippen LogP contribution in [0.5, 0.6) is 0 Å². The summed E-state index contributed by atoms with van der Waals surface area (Å²) in [5, 5.41) is 10.3. The summed E-state index contributed by atoms with van der Waals surface area (Å²) in [7, 11) is -0.227. The van der Waals surface area contributed by atoms with E-state index >= 15 is 0 Å². The lowest BCUT2D eigenvalue weighted by Gasteiger charge is -2.33. The number of hydrogen-bond donors (Lipinski definition) is 1. The van der Waals surface area contributed by atoms with Crippen molar-refractivity contribution in [3.63, 3.8) is 0 Å². The molecule has 2 rings (SSSR count). The molecule has 126 valence electrons. The van der Waals surface area contributed by atoms with E-state index < -0.39 is 6.23 Å². The molecule has 1 atom stereocenters. The van der Waals surface area contributed by atoms with Crippen LogP contribution in [0.25, 0.3) is 0 Å². The second-order valence-electron chi connectivity index (χ2n) is 7.65. The molecule has 1 saturated heterocycles. The number of nitrogens with zero attached hydrogens (tertiary/aromatic N) is 1. The molecule has 0 bridgehead atoms. The number of aliphatic hydroxyl groups excluding tert-OH is 1. The molecule has 4 nitrogen and oxygen atoms in total. The van der Waals surface area contributed by atoms with Crippen molar-refractivity contribution in [1.82, 2.24) is 4.90 Å². The Bertz CT molecular complexity index is 377. The summed E-state index contributed by atoms with van der Waals surface area (Å²) in [6.07, 6.45) is 7.97. The molecule has 0 unspecified atom stereocenters. The highest BCUT2D eigenvalue weighted by Gasteiger charge is 2.50. The summed E-state index contributed by atoms with van der Waals surface area (Å²) in [6.45, 7) is 12.2. The van der Waals surface area contributed by atoms with E-state index in [4.69, 9.17) is 9.31 Å². The lowest BCUT2D eigenvalue weighted by Crippen LogP contribution is -2.41. The summed E-state index contributed by atoms with van der Waals surface area (Å²) in [4.78, 5) is 2.13. The van der Waals surface area contributed by atoms with Gasteiger partial charge in [0.15, 0.2) is 0 Å². The first-order valence-electron chi connectivity index (χ1n) is 8.69. The number of likely N-dealkylation sites (N-methyl/N-ethyl adjacent to an activating group) is 1. The molecule has 2 fully saturated rings. The number of aliphatic hydroxyl groups is 1. The third-order valence-corrected chi connectivity index (χ3v) is 5.44. The fourth-order valence-electron chi connectivity index (χ4n) is 2.93. The van der Waals surface area contributed by atoms with Gasteiger partial charge >= 0.3 is 7.12 Å². The fraction of sp³-hybridized carbons (Fsp3) is 0.882. The molecule has 0 aromatic carbocycles. The van der Waals surface area contributed by atoms with Crippen LogP contribution in [0.3, 0.4) is 0 Å². The fourth-order valence-corrected chi connectivity index (χ4v) is 2.93. The molecular formula is C17H32BNO3. The zero-order valence-electron chi connectivity index (χ0n) is 14.8. The van der Waals surface area contributed by atoms with E-state index in [1.165, 1.54) is 19.3 Å². The molecule has 22 heavy (non-hydrogen) atoms. The first kappa shape index (κ1) is 18.0. The average Bonchev–Trinajstić information content (AvgIpc) is 2.56. The third kappa shape index (κ3) is 4.13. The zero-order valence-corrected chi connectivity index (χ0v) is 14.8. The van der Waals surface area contributed by atoms with Crippen LogP contribution in [0.1, 0.15) is 53.9 Å². The van der Waals surface area contributed by atoms with E-state index in [2.05, 4.69) is 39.5 Å². The van der Waals surface area contributed by atoms with Crippen molar-refractivity contribution in [3.8, 4) is 0 Å². The topological polar surface area (TPSA) is 41.9 Å². The molecule has 1 heterocycles. The molecule has 1 aliphatic heterocycles. The minimum absolute atomic E-state index is 0.227. The van der Waals surface area contributed by atoms with Crippen molar-refractivity contribution in [2.75, 3.05) is 13.1 Å². The molecule has 1 saturated carbocycles. The molecule has 2 aliphatic rings. The lowest BCUT2D eigenvalue weighted by molar-refractivity contribution is 0.00578. The van der Waals surface area contributed by atoms with Gasteiger partial charge in [0.05, 0.1) is 11.2 Å². The van der Waals surface area contributed by atoms with Crippen molar-refractivity contribution >= 4 is 7.12 Å². The van der Waals surface area contributed by atoms with Crippen molar-refractivity contribution < 1.29 is 14.4 Å². The Morgan fingerprint density at radius 3 is 2.27 bits per heavy atom. The van der Waals surface area contributed by atoms with Gasteiger partial charge in [-0.05, 0) is 59.1 Å². The van der Waals surface area contributed by atoms with E-state index in [0.717, 1.165) is 19.0 Å². The smallest absolute Gasteiger partial charge is 0.403 e. The third-order valence-electron chi connectivity index (χ3n) is 5.44. The molecule has 5 heteroatoms. The summed E-state index contributed by atoms with van der Waals surface area (Å²) >= 11 is 0. The van der Waals surface area contributed by atoms with Gasteiger partial charge in [-0.15, -0.1) is 0 Å². The number of hydrogen-bond acceptors (Lipinski definition) is 4. The second-order valence-corrected chi connectivity index (χ2v) is 7.65. The SMILES string of the molecule is CCN(CC1CCC1)[C@@H](O)/C=C\CB1OC(C)(C)C(C)(C)O1. The highest BCUT2D eigenvalue weighted by atomic mass is 16.7. The first-order chi connectivity index (χ1) is 10.2. The maximum absolute atomic E-state index is 10.3. The van der Waals surface area contributed by atoms with Crippen LogP contribution in [-0.2, 0) is 9.31 Å². The lowest BCUT2D eigenvalue weighted by atomic mass is 9.84. The first-order valence-corrected chi connectivity index (χ1v) is 8.69. The predicted octanol–water partition coefficient (Wildman–Crippen LogP) is 3.08. The predicted molar refractivity (Wildman–Crippen MR) is 90.6 cm³/mol. The van der Waals surface area contributed by atoms with Gasteiger partial charge in [-0.3, -0.25) is 4.90 Å². The monoisotopic (exact) mass is 309 g/mol. The average molecular weight is 309 g/mol. The van der Waals surface area contributed by atoms with Gasteiger partial charge < -0.3 is 14.4 Å². The van der Waals surface area contributed by atoms with Crippen LogP contribution < -0.4 is 0 Å². The maximum Gasteiger partial charge on any atom is 0.461 e. The molecule has 0 aromatic heterocycles. The summed E-state index contributed by atoms with van der Waals surface area (Å²) in [5.41, 5.74) is -0.576. The van der Waals surface area contributed by atoms with Crippen LogP contribution in [0, 0.1) is 5.92 Å². The van der Waals surface area contributed by atoms with Crippen LogP contribution in [-0.4, -0.2) is 47.6 Å². The van der Waals surface area contributed by atoms with Crippen molar-refractivity contribution in [2.45, 2.75) is 77.6 Å². The zero-order chi connectivity index (χ0) is 16.4. The Morgan fingerprint density at radius 2 is 1.82 bits per heavy atom. The van der Waals surface area contributed by atoms with Crippen LogP contribution >= 0.6 is 0 Å². The van der Waals surface area contributed by atoms with Crippen LogP contribution in [0.4, 0.5) is 0 Å². The van der Waals surface area contributed by atoms with Crippen molar-refractivity contribution in [2.24, 2.45) is 5.92 Å². The van der Waals surface area contributed by atoms with Crippen molar-refractivity contribution in [3.05, 3.63) is 12.2 Å². The van der Waals surface area contributed by atoms with E-state index in [1.54, 1.807) is 0 Å². The van der Waals surface area contributed by atoms with Crippen molar-refractivity contribution in [1.29, 1.82) is 0 Å².